The molecule has 0 saturated carbocycles. The van der Waals surface area contributed by atoms with Gasteiger partial charge < -0.3 is 5.32 Å². The second-order valence-corrected chi connectivity index (χ2v) is 8.75. The Kier molecular flexibility index (Phi) is 4.01. The fourth-order valence-corrected chi connectivity index (χ4v) is 3.87. The largest absolute Gasteiger partial charge is 0.353 e. The molecule has 0 spiro atoms. The van der Waals surface area contributed by atoms with Crippen LogP contribution in [0.1, 0.15) is 31.5 Å². The van der Waals surface area contributed by atoms with Crippen molar-refractivity contribution in [2.75, 3.05) is 5.32 Å². The Morgan fingerprint density at radius 3 is 2.60 bits per heavy atom. The van der Waals surface area contributed by atoms with Gasteiger partial charge in [-0.05, 0) is 0 Å². The number of imidazole rings is 1. The van der Waals surface area contributed by atoms with Crippen LogP contribution < -0.4 is 5.32 Å². The molecule has 8 heteroatoms. The van der Waals surface area contributed by atoms with Crippen LogP contribution in [0.5, 0.6) is 0 Å². The average Bonchev–Trinajstić information content (AvgIpc) is 3.27. The van der Waals surface area contributed by atoms with E-state index in [1.807, 2.05) is 41.0 Å². The molecule has 128 valence electrons. The standard InChI is InChI=1S/C17H18N6S2/c1-17(2,3)12-10-23-16(19-12)25-15(22-23)18-9-13-20-21-14(24-13)11-7-5-4-6-8-11/h4-8,10H,9H2,1-3H3,(H,18,22). The Labute approximate surface area is 153 Å². The van der Waals surface area contributed by atoms with Crippen molar-refractivity contribution >= 4 is 32.8 Å². The molecular weight excluding hydrogens is 352 g/mol. The predicted octanol–water partition coefficient (Wildman–Crippen LogP) is 4.22. The van der Waals surface area contributed by atoms with E-state index in [1.54, 1.807) is 22.7 Å². The molecule has 0 fully saturated rings. The van der Waals surface area contributed by atoms with E-state index in [1.165, 1.54) is 0 Å². The third kappa shape index (κ3) is 3.40. The number of anilines is 1. The SMILES string of the molecule is CC(C)(C)c1cn2nc(NCc3nnc(-c4ccccc4)s3)sc2n1. The van der Waals surface area contributed by atoms with Crippen molar-refractivity contribution in [2.24, 2.45) is 0 Å². The van der Waals surface area contributed by atoms with Crippen LogP contribution in [0.4, 0.5) is 5.13 Å². The zero-order valence-corrected chi connectivity index (χ0v) is 15.9. The summed E-state index contributed by atoms with van der Waals surface area (Å²) in [6.07, 6.45) is 2.00. The van der Waals surface area contributed by atoms with E-state index in [-0.39, 0.29) is 5.41 Å². The van der Waals surface area contributed by atoms with Crippen LogP contribution in [-0.4, -0.2) is 24.8 Å². The number of hydrogen-bond acceptors (Lipinski definition) is 7. The van der Waals surface area contributed by atoms with E-state index in [9.17, 15) is 0 Å². The van der Waals surface area contributed by atoms with Crippen LogP contribution in [0.25, 0.3) is 15.5 Å². The first kappa shape index (κ1) is 16.2. The predicted molar refractivity (Wildman–Crippen MR) is 102 cm³/mol. The Balaban J connectivity index is 1.46. The quantitative estimate of drug-likeness (QED) is 0.582. The molecule has 4 rings (SSSR count). The molecule has 0 aliphatic carbocycles. The van der Waals surface area contributed by atoms with Crippen LogP contribution in [-0.2, 0) is 12.0 Å². The van der Waals surface area contributed by atoms with Crippen molar-refractivity contribution in [2.45, 2.75) is 32.7 Å². The fourth-order valence-electron chi connectivity index (χ4n) is 2.31. The Morgan fingerprint density at radius 2 is 1.88 bits per heavy atom. The van der Waals surface area contributed by atoms with Gasteiger partial charge in [-0.1, -0.05) is 73.8 Å². The lowest BCUT2D eigenvalue weighted by molar-refractivity contribution is 0.572. The minimum absolute atomic E-state index is 0.0292. The third-order valence-corrected chi connectivity index (χ3v) is 5.54. The molecule has 0 unspecified atom stereocenters. The summed E-state index contributed by atoms with van der Waals surface area (Å²) in [6, 6.07) is 10.1. The van der Waals surface area contributed by atoms with Gasteiger partial charge in [-0.3, -0.25) is 0 Å². The molecule has 0 saturated heterocycles. The second-order valence-electron chi connectivity index (χ2n) is 6.73. The minimum Gasteiger partial charge on any atom is -0.353 e. The molecule has 1 aromatic carbocycles. The summed E-state index contributed by atoms with van der Waals surface area (Å²) in [5, 5.41) is 19.1. The van der Waals surface area contributed by atoms with Crippen LogP contribution in [0, 0.1) is 0 Å². The first-order valence-corrected chi connectivity index (χ1v) is 9.61. The highest BCUT2D eigenvalue weighted by molar-refractivity contribution is 7.20. The van der Waals surface area contributed by atoms with Crippen molar-refractivity contribution in [1.82, 2.24) is 24.8 Å². The normalized spacial score (nSPS) is 12.0. The summed E-state index contributed by atoms with van der Waals surface area (Å²) in [6.45, 7) is 7.06. The van der Waals surface area contributed by atoms with Gasteiger partial charge in [0.15, 0.2) is 0 Å². The van der Waals surface area contributed by atoms with Crippen molar-refractivity contribution in [3.63, 3.8) is 0 Å². The number of nitrogens with one attached hydrogen (secondary N) is 1. The van der Waals surface area contributed by atoms with Crippen LogP contribution in [0.2, 0.25) is 0 Å². The minimum atomic E-state index is 0.0292. The van der Waals surface area contributed by atoms with Gasteiger partial charge in [-0.2, -0.15) is 0 Å². The van der Waals surface area contributed by atoms with E-state index in [4.69, 9.17) is 0 Å². The Morgan fingerprint density at radius 1 is 1.08 bits per heavy atom. The molecule has 25 heavy (non-hydrogen) atoms. The van der Waals surface area contributed by atoms with Crippen molar-refractivity contribution in [3.05, 3.63) is 47.2 Å². The number of nitrogens with zero attached hydrogens (tertiary/aromatic N) is 5. The van der Waals surface area contributed by atoms with E-state index >= 15 is 0 Å². The van der Waals surface area contributed by atoms with Gasteiger partial charge in [-0.15, -0.1) is 15.3 Å². The summed E-state index contributed by atoms with van der Waals surface area (Å²) < 4.78 is 1.84. The molecule has 6 nitrogen and oxygen atoms in total. The van der Waals surface area contributed by atoms with Gasteiger partial charge in [0.25, 0.3) is 0 Å². The average molecular weight is 371 g/mol. The second kappa shape index (κ2) is 6.20. The van der Waals surface area contributed by atoms with Gasteiger partial charge in [0.1, 0.15) is 10.0 Å². The van der Waals surface area contributed by atoms with Gasteiger partial charge in [-0.25, -0.2) is 9.50 Å². The Hall–Kier alpha value is -2.32. The van der Waals surface area contributed by atoms with Crippen molar-refractivity contribution < 1.29 is 0 Å². The molecule has 0 amide bonds. The van der Waals surface area contributed by atoms with Crippen molar-refractivity contribution in [3.8, 4) is 10.6 Å². The van der Waals surface area contributed by atoms with Crippen LogP contribution in [0.15, 0.2) is 36.5 Å². The topological polar surface area (TPSA) is 68.0 Å². The maximum Gasteiger partial charge on any atom is 0.214 e. The number of aromatic nitrogens is 5. The maximum atomic E-state index is 4.66. The maximum absolute atomic E-state index is 4.66. The smallest absolute Gasteiger partial charge is 0.214 e. The van der Waals surface area contributed by atoms with E-state index < -0.39 is 0 Å². The molecule has 3 heterocycles. The van der Waals surface area contributed by atoms with Crippen LogP contribution in [0.3, 0.4) is 0 Å². The Bertz CT molecular complexity index is 962. The zero-order valence-electron chi connectivity index (χ0n) is 14.2. The number of benzene rings is 1. The van der Waals surface area contributed by atoms with Gasteiger partial charge in [0.2, 0.25) is 10.1 Å². The lowest BCUT2D eigenvalue weighted by Gasteiger charge is -2.13. The number of fused-ring (bicyclic) bond motifs is 1. The molecule has 0 aliphatic heterocycles. The van der Waals surface area contributed by atoms with Crippen LogP contribution >= 0.6 is 22.7 Å². The molecule has 1 N–H and O–H groups in total. The first-order valence-electron chi connectivity index (χ1n) is 7.97. The third-order valence-electron chi connectivity index (χ3n) is 3.69. The summed E-state index contributed by atoms with van der Waals surface area (Å²) in [5.74, 6) is 0. The molecular formula is C17H18N6S2. The lowest BCUT2D eigenvalue weighted by atomic mass is 9.93. The molecule has 3 aromatic heterocycles. The monoisotopic (exact) mass is 370 g/mol. The molecule has 4 aromatic rings. The molecule has 0 atom stereocenters. The summed E-state index contributed by atoms with van der Waals surface area (Å²) in [5.41, 5.74) is 2.17. The van der Waals surface area contributed by atoms with Crippen molar-refractivity contribution in [1.29, 1.82) is 0 Å². The lowest BCUT2D eigenvalue weighted by Crippen LogP contribution is -2.11. The summed E-state index contributed by atoms with van der Waals surface area (Å²) in [7, 11) is 0. The highest BCUT2D eigenvalue weighted by atomic mass is 32.1. The highest BCUT2D eigenvalue weighted by Gasteiger charge is 2.19. The highest BCUT2D eigenvalue weighted by Crippen LogP contribution is 2.27. The summed E-state index contributed by atoms with van der Waals surface area (Å²) in [4.78, 5) is 5.55. The van der Waals surface area contributed by atoms with E-state index in [0.29, 0.717) is 6.54 Å². The van der Waals surface area contributed by atoms with Gasteiger partial charge in [0, 0.05) is 11.0 Å². The molecule has 0 radical (unpaired) electrons. The molecule has 0 bridgehead atoms. The van der Waals surface area contributed by atoms with Gasteiger partial charge >= 0.3 is 0 Å². The fraction of sp³-hybridized carbons (Fsp3) is 0.294. The zero-order chi connectivity index (χ0) is 17.4. The number of hydrogen-bond donors (Lipinski definition) is 1. The van der Waals surface area contributed by atoms with E-state index in [0.717, 1.165) is 31.4 Å². The van der Waals surface area contributed by atoms with E-state index in [2.05, 4.69) is 46.4 Å². The number of rotatable bonds is 4. The first-order chi connectivity index (χ1) is 12.0. The molecule has 0 aliphatic rings. The van der Waals surface area contributed by atoms with Gasteiger partial charge in [0.05, 0.1) is 18.4 Å². The summed E-state index contributed by atoms with van der Waals surface area (Å²) >= 11 is 3.13.